The molecule has 0 saturated carbocycles. The summed E-state index contributed by atoms with van der Waals surface area (Å²) in [7, 11) is -6.55. The molecule has 0 heterocycles. The van der Waals surface area contributed by atoms with Gasteiger partial charge in [0.25, 0.3) is 6.36 Å². The second-order valence-electron chi connectivity index (χ2n) is 2.49. The van der Waals surface area contributed by atoms with E-state index in [1.165, 1.54) is 0 Å². The minimum Gasteiger partial charge on any atom is -0.281 e. The van der Waals surface area contributed by atoms with Gasteiger partial charge in [0.15, 0.2) is 0 Å². The Balaban J connectivity index is 5.08. The van der Waals surface area contributed by atoms with Crippen molar-refractivity contribution in [2.75, 3.05) is 0 Å². The zero-order chi connectivity index (χ0) is 14.3. The van der Waals surface area contributed by atoms with Crippen LogP contribution in [-0.2, 0) is 14.9 Å². The predicted octanol–water partition coefficient (Wildman–Crippen LogP) is 1.93. The monoisotopic (exact) mass is 298 g/mol. The van der Waals surface area contributed by atoms with Crippen LogP contribution >= 0.6 is 0 Å². The zero-order valence-electron chi connectivity index (χ0n) is 7.18. The minimum absolute atomic E-state index is 1.98. The molecule has 0 aliphatic rings. The fourth-order valence-corrected chi connectivity index (χ4v) is 0.665. The van der Waals surface area contributed by atoms with Crippen LogP contribution in [0.3, 0.4) is 0 Å². The van der Waals surface area contributed by atoms with Crippen molar-refractivity contribution in [1.82, 2.24) is 0 Å². The summed E-state index contributed by atoms with van der Waals surface area (Å²) in [4.78, 5) is 0. The van der Waals surface area contributed by atoms with Crippen molar-refractivity contribution in [3.63, 3.8) is 0 Å². The summed E-state index contributed by atoms with van der Waals surface area (Å²) >= 11 is 0. The van der Waals surface area contributed by atoms with Crippen molar-refractivity contribution in [3.05, 3.63) is 0 Å². The van der Waals surface area contributed by atoms with E-state index in [0.717, 1.165) is 0 Å². The largest absolute Gasteiger partial charge is 0.483 e. The van der Waals surface area contributed by atoms with E-state index in [-0.39, 0.29) is 0 Å². The van der Waals surface area contributed by atoms with Gasteiger partial charge in [-0.05, 0) is 0 Å². The lowest BCUT2D eigenvalue weighted by Gasteiger charge is -2.24. The molecule has 0 aromatic carbocycles. The molecular formula is C4H2F8O4S. The van der Waals surface area contributed by atoms with Gasteiger partial charge in [-0.1, -0.05) is 0 Å². The summed E-state index contributed by atoms with van der Waals surface area (Å²) in [5, 5.41) is -5.97. The number of hydrogen-bond acceptors (Lipinski definition) is 3. The maximum atomic E-state index is 12.2. The van der Waals surface area contributed by atoms with E-state index in [1.807, 2.05) is 4.74 Å². The molecule has 0 aromatic rings. The third-order valence-corrected chi connectivity index (χ3v) is 2.06. The van der Waals surface area contributed by atoms with Gasteiger partial charge in [0.05, 0.1) is 0 Å². The Morgan fingerprint density at radius 1 is 1.00 bits per heavy atom. The summed E-state index contributed by atoms with van der Waals surface area (Å²) in [6.07, 6.45) is -17.8. The summed E-state index contributed by atoms with van der Waals surface area (Å²) in [5.41, 5.74) is 0. The Bertz CT molecular complexity index is 371. The lowest BCUT2D eigenvalue weighted by atomic mass is 10.6. The molecule has 0 aliphatic carbocycles. The Labute approximate surface area is 87.9 Å². The average molecular weight is 298 g/mol. The Kier molecular flexibility index (Phi) is 4.03. The normalized spacial score (nSPS) is 17.0. The van der Waals surface area contributed by atoms with Crippen LogP contribution in [0.2, 0.25) is 0 Å². The molecule has 0 saturated heterocycles. The molecule has 0 spiro atoms. The van der Waals surface area contributed by atoms with E-state index in [1.54, 1.807) is 0 Å². The lowest BCUT2D eigenvalue weighted by Crippen LogP contribution is -2.48. The first-order valence-electron chi connectivity index (χ1n) is 3.24. The van der Waals surface area contributed by atoms with Crippen molar-refractivity contribution in [3.8, 4) is 0 Å². The van der Waals surface area contributed by atoms with Crippen LogP contribution in [0, 0.1) is 0 Å². The van der Waals surface area contributed by atoms with Gasteiger partial charge >= 0.3 is 27.7 Å². The lowest BCUT2D eigenvalue weighted by molar-refractivity contribution is -0.423. The zero-order valence-corrected chi connectivity index (χ0v) is 8.00. The van der Waals surface area contributed by atoms with Crippen LogP contribution in [-0.4, -0.2) is 36.9 Å². The number of hydrogen-bond donors (Lipinski definition) is 1. The standard InChI is InChI=1S/C4H2F8O4S/c5-1(2(6,7)17(13,14)15)16-4(11,12)3(8,9)10/h1H,(H,13,14,15). The molecular weight excluding hydrogens is 296 g/mol. The van der Waals surface area contributed by atoms with E-state index in [2.05, 4.69) is 0 Å². The summed E-state index contributed by atoms with van der Waals surface area (Å²) in [6.45, 7) is 0. The van der Waals surface area contributed by atoms with E-state index in [0.29, 0.717) is 0 Å². The molecule has 17 heavy (non-hydrogen) atoms. The SMILES string of the molecule is O=S(=O)(O)C(F)(F)C(F)OC(F)(F)C(F)(F)F. The van der Waals surface area contributed by atoms with E-state index < -0.39 is 34.0 Å². The van der Waals surface area contributed by atoms with Crippen LogP contribution in [0.25, 0.3) is 0 Å². The summed E-state index contributed by atoms with van der Waals surface area (Å²) in [6, 6.07) is 0. The molecule has 0 bridgehead atoms. The summed E-state index contributed by atoms with van der Waals surface area (Å²) < 4.78 is 124. The van der Waals surface area contributed by atoms with Crippen LogP contribution < -0.4 is 0 Å². The van der Waals surface area contributed by atoms with Gasteiger partial charge < -0.3 is 0 Å². The molecule has 0 fully saturated rings. The van der Waals surface area contributed by atoms with Gasteiger partial charge in [-0.15, -0.1) is 0 Å². The van der Waals surface area contributed by atoms with Gasteiger partial charge in [0.2, 0.25) is 0 Å². The van der Waals surface area contributed by atoms with Gasteiger partial charge in [-0.3, -0.25) is 9.29 Å². The molecule has 0 radical (unpaired) electrons. The number of halogens is 8. The Morgan fingerprint density at radius 3 is 1.59 bits per heavy atom. The van der Waals surface area contributed by atoms with Crippen LogP contribution in [0.4, 0.5) is 35.1 Å². The van der Waals surface area contributed by atoms with E-state index in [9.17, 15) is 43.5 Å². The highest BCUT2D eigenvalue weighted by atomic mass is 32.2. The van der Waals surface area contributed by atoms with Crippen molar-refractivity contribution >= 4 is 10.1 Å². The predicted molar refractivity (Wildman–Crippen MR) is 33.5 cm³/mol. The minimum atomic E-state index is -6.55. The van der Waals surface area contributed by atoms with Gasteiger partial charge in [-0.2, -0.15) is 39.2 Å². The molecule has 0 aromatic heterocycles. The van der Waals surface area contributed by atoms with Gasteiger partial charge in [-0.25, -0.2) is 4.39 Å². The Hall–Kier alpha value is -0.690. The first kappa shape index (κ1) is 16.3. The van der Waals surface area contributed by atoms with Gasteiger partial charge in [0.1, 0.15) is 0 Å². The van der Waals surface area contributed by atoms with Crippen molar-refractivity contribution < 1.29 is 52.8 Å². The quantitative estimate of drug-likeness (QED) is 0.636. The number of alkyl halides is 8. The molecule has 0 amide bonds. The molecule has 104 valence electrons. The third kappa shape index (κ3) is 3.38. The highest BCUT2D eigenvalue weighted by molar-refractivity contribution is 7.86. The van der Waals surface area contributed by atoms with Crippen molar-refractivity contribution in [1.29, 1.82) is 0 Å². The fourth-order valence-electron chi connectivity index (χ4n) is 0.382. The van der Waals surface area contributed by atoms with Crippen molar-refractivity contribution in [2.24, 2.45) is 0 Å². The van der Waals surface area contributed by atoms with Gasteiger partial charge in [0, 0.05) is 0 Å². The van der Waals surface area contributed by atoms with E-state index >= 15 is 0 Å². The van der Waals surface area contributed by atoms with Crippen LogP contribution in [0.1, 0.15) is 0 Å². The van der Waals surface area contributed by atoms with Crippen LogP contribution in [0.5, 0.6) is 0 Å². The number of ether oxygens (including phenoxy) is 1. The molecule has 13 heteroatoms. The highest BCUT2D eigenvalue weighted by Gasteiger charge is 2.65. The number of rotatable bonds is 4. The molecule has 1 N–H and O–H groups in total. The average Bonchev–Trinajstić information content (AvgIpc) is 1.98. The molecule has 0 aliphatic heterocycles. The molecule has 1 atom stereocenters. The van der Waals surface area contributed by atoms with E-state index in [4.69, 9.17) is 4.55 Å². The maximum absolute atomic E-state index is 12.2. The van der Waals surface area contributed by atoms with Crippen molar-refractivity contribution in [2.45, 2.75) is 23.9 Å². The maximum Gasteiger partial charge on any atom is 0.483 e. The molecule has 4 nitrogen and oxygen atoms in total. The topological polar surface area (TPSA) is 63.6 Å². The second kappa shape index (κ2) is 4.20. The first-order valence-corrected chi connectivity index (χ1v) is 4.68. The summed E-state index contributed by atoms with van der Waals surface area (Å²) in [5.74, 6) is 0. The Morgan fingerprint density at radius 2 is 1.35 bits per heavy atom. The molecule has 0 rings (SSSR count). The first-order chi connectivity index (χ1) is 7.13. The fraction of sp³-hybridized carbons (Fsp3) is 1.00. The van der Waals surface area contributed by atoms with Crippen LogP contribution in [0.15, 0.2) is 0 Å². The second-order valence-corrected chi connectivity index (χ2v) is 3.98. The smallest absolute Gasteiger partial charge is 0.281 e. The highest BCUT2D eigenvalue weighted by Crippen LogP contribution is 2.40. The third-order valence-electron chi connectivity index (χ3n) is 1.19. The molecule has 1 unspecified atom stereocenters.